The lowest BCUT2D eigenvalue weighted by Gasteiger charge is -2.09. The number of thiazole rings is 1. The highest BCUT2D eigenvalue weighted by Crippen LogP contribution is 2.39. The van der Waals surface area contributed by atoms with E-state index in [1.54, 1.807) is 6.20 Å². The van der Waals surface area contributed by atoms with Crippen LogP contribution in [0.4, 0.5) is 8.78 Å². The molecule has 0 fully saturated rings. The Bertz CT molecular complexity index is 1270. The largest absolute Gasteiger partial charge is 0.291 e. The molecule has 5 rings (SSSR count). The Morgan fingerprint density at radius 2 is 1.81 bits per heavy atom. The third-order valence-electron chi connectivity index (χ3n) is 5.54. The summed E-state index contributed by atoms with van der Waals surface area (Å²) in [6, 6.07) is 13.9. The van der Waals surface area contributed by atoms with Gasteiger partial charge in [-0.1, -0.05) is 24.3 Å². The smallest absolute Gasteiger partial charge is 0.195 e. The Morgan fingerprint density at radius 3 is 2.56 bits per heavy atom. The van der Waals surface area contributed by atoms with Crippen molar-refractivity contribution < 1.29 is 13.6 Å². The van der Waals surface area contributed by atoms with Crippen LogP contribution in [0.25, 0.3) is 21.6 Å². The first kappa shape index (κ1) is 22.2. The van der Waals surface area contributed by atoms with E-state index in [0.29, 0.717) is 5.01 Å². The SMILES string of the molecule is Cl.O=C(Cc1c(F)cccc1F)c1nc2c(s1)-c1cc(-c3cccnc3)ccc1CCC2. The van der Waals surface area contributed by atoms with E-state index in [-0.39, 0.29) is 30.2 Å². The molecule has 0 spiro atoms. The minimum atomic E-state index is -0.710. The molecule has 0 saturated carbocycles. The van der Waals surface area contributed by atoms with Crippen LogP contribution in [0.3, 0.4) is 0 Å². The molecule has 0 N–H and O–H groups in total. The third-order valence-corrected chi connectivity index (χ3v) is 6.72. The van der Waals surface area contributed by atoms with Gasteiger partial charge in [0.15, 0.2) is 10.8 Å². The topological polar surface area (TPSA) is 42.9 Å². The maximum Gasteiger partial charge on any atom is 0.195 e. The minimum absolute atomic E-state index is 0. The number of halogens is 3. The number of hydrogen-bond acceptors (Lipinski definition) is 4. The van der Waals surface area contributed by atoms with E-state index in [2.05, 4.69) is 28.2 Å². The van der Waals surface area contributed by atoms with Gasteiger partial charge in [0, 0.05) is 29.9 Å². The fraction of sp³-hybridized carbons (Fsp3) is 0.160. The van der Waals surface area contributed by atoms with Crippen molar-refractivity contribution in [2.24, 2.45) is 0 Å². The maximum absolute atomic E-state index is 14.0. The second-order valence-electron chi connectivity index (χ2n) is 7.56. The predicted octanol–water partition coefficient (Wildman–Crippen LogP) is 6.49. The summed E-state index contributed by atoms with van der Waals surface area (Å²) in [4.78, 5) is 22.6. The average Bonchev–Trinajstić information content (AvgIpc) is 3.14. The highest BCUT2D eigenvalue weighted by Gasteiger charge is 2.24. The molecule has 2 aromatic heterocycles. The van der Waals surface area contributed by atoms with Gasteiger partial charge in [-0.25, -0.2) is 13.8 Å². The Labute approximate surface area is 194 Å². The number of nitrogens with zero attached hydrogens (tertiary/aromatic N) is 2. The van der Waals surface area contributed by atoms with E-state index in [1.165, 1.54) is 35.1 Å². The number of carbonyl (C=O) groups excluding carboxylic acids is 1. The summed E-state index contributed by atoms with van der Waals surface area (Å²) in [5.41, 5.74) is 5.03. The van der Waals surface area contributed by atoms with Gasteiger partial charge in [0.05, 0.1) is 10.6 Å². The molecule has 1 aliphatic carbocycles. The number of benzene rings is 2. The third kappa shape index (κ3) is 4.20. The summed E-state index contributed by atoms with van der Waals surface area (Å²) in [7, 11) is 0. The normalized spacial score (nSPS) is 12.3. The first-order valence-corrected chi connectivity index (χ1v) is 10.9. The zero-order valence-electron chi connectivity index (χ0n) is 17.0. The summed E-state index contributed by atoms with van der Waals surface area (Å²) in [5.74, 6) is -1.79. The van der Waals surface area contributed by atoms with Crippen LogP contribution in [-0.4, -0.2) is 15.8 Å². The summed E-state index contributed by atoms with van der Waals surface area (Å²) in [5, 5.41) is 0.298. The van der Waals surface area contributed by atoms with Gasteiger partial charge < -0.3 is 0 Å². The summed E-state index contributed by atoms with van der Waals surface area (Å²) in [6.45, 7) is 0. The standard InChI is InChI=1S/C25H18F2N2OS.ClH/c26-20-6-2-7-21(27)19(20)13-23(30)25-29-22-8-1-4-15-9-10-16(12-18(15)24(22)31-25)17-5-3-11-28-14-17;/h2-3,5-7,9-12,14H,1,4,8,13H2;1H. The molecule has 0 saturated heterocycles. The van der Waals surface area contributed by atoms with Crippen LogP contribution < -0.4 is 0 Å². The van der Waals surface area contributed by atoms with E-state index in [9.17, 15) is 13.6 Å². The molecular formula is C25H19ClF2N2OS. The van der Waals surface area contributed by atoms with Crippen molar-refractivity contribution in [3.63, 3.8) is 0 Å². The Balaban J connectivity index is 0.00000245. The molecule has 32 heavy (non-hydrogen) atoms. The molecule has 0 bridgehead atoms. The first-order valence-electron chi connectivity index (χ1n) is 10.1. The van der Waals surface area contributed by atoms with Crippen molar-refractivity contribution >= 4 is 29.5 Å². The van der Waals surface area contributed by atoms with Gasteiger partial charge in [0.25, 0.3) is 0 Å². The molecule has 0 atom stereocenters. The van der Waals surface area contributed by atoms with Crippen molar-refractivity contribution in [1.29, 1.82) is 0 Å². The quantitative estimate of drug-likeness (QED) is 0.322. The number of aromatic nitrogens is 2. The fourth-order valence-corrected chi connectivity index (χ4v) is 5.05. The van der Waals surface area contributed by atoms with Crippen molar-refractivity contribution in [3.8, 4) is 21.6 Å². The Kier molecular flexibility index (Phi) is 6.44. The van der Waals surface area contributed by atoms with Gasteiger partial charge in [0.2, 0.25) is 0 Å². The Morgan fingerprint density at radius 1 is 1.00 bits per heavy atom. The fourth-order valence-electron chi connectivity index (χ4n) is 3.95. The molecule has 7 heteroatoms. The molecular weight excluding hydrogens is 450 g/mol. The minimum Gasteiger partial charge on any atom is -0.291 e. The highest BCUT2D eigenvalue weighted by atomic mass is 35.5. The zero-order valence-corrected chi connectivity index (χ0v) is 18.6. The maximum atomic E-state index is 14.0. The van der Waals surface area contributed by atoms with Crippen LogP contribution in [0.15, 0.2) is 60.9 Å². The Hall–Kier alpha value is -2.96. The van der Waals surface area contributed by atoms with Gasteiger partial charge in [-0.05, 0) is 60.2 Å². The van der Waals surface area contributed by atoms with E-state index < -0.39 is 11.6 Å². The second kappa shape index (κ2) is 9.27. The summed E-state index contributed by atoms with van der Waals surface area (Å²) in [6.07, 6.45) is 5.87. The summed E-state index contributed by atoms with van der Waals surface area (Å²) >= 11 is 1.31. The van der Waals surface area contributed by atoms with E-state index in [0.717, 1.165) is 46.5 Å². The number of hydrogen-bond donors (Lipinski definition) is 0. The lowest BCUT2D eigenvalue weighted by molar-refractivity contribution is 0.0990. The second-order valence-corrected chi connectivity index (χ2v) is 8.56. The molecule has 0 amide bonds. The van der Waals surface area contributed by atoms with Gasteiger partial charge >= 0.3 is 0 Å². The number of Topliss-reactive ketones (excluding diaryl/α,β-unsaturated/α-hetero) is 1. The van der Waals surface area contributed by atoms with Gasteiger partial charge in [-0.2, -0.15) is 0 Å². The molecule has 4 aromatic rings. The lowest BCUT2D eigenvalue weighted by atomic mass is 9.98. The molecule has 3 nitrogen and oxygen atoms in total. The number of rotatable bonds is 4. The van der Waals surface area contributed by atoms with Crippen molar-refractivity contribution in [3.05, 3.63) is 94.4 Å². The first-order chi connectivity index (χ1) is 15.1. The van der Waals surface area contributed by atoms with E-state index in [1.807, 2.05) is 18.3 Å². The van der Waals surface area contributed by atoms with Crippen molar-refractivity contribution in [1.82, 2.24) is 9.97 Å². The van der Waals surface area contributed by atoms with E-state index in [4.69, 9.17) is 0 Å². The molecule has 2 heterocycles. The number of carbonyl (C=O) groups is 1. The monoisotopic (exact) mass is 468 g/mol. The number of ketones is 1. The van der Waals surface area contributed by atoms with Crippen LogP contribution >= 0.6 is 23.7 Å². The molecule has 1 aliphatic rings. The van der Waals surface area contributed by atoms with Crippen LogP contribution in [0.2, 0.25) is 0 Å². The van der Waals surface area contributed by atoms with Crippen LogP contribution in [0.1, 0.15) is 33.0 Å². The highest BCUT2D eigenvalue weighted by molar-refractivity contribution is 7.17. The average molecular weight is 469 g/mol. The lowest BCUT2D eigenvalue weighted by Crippen LogP contribution is -2.07. The van der Waals surface area contributed by atoms with Crippen LogP contribution in [-0.2, 0) is 19.3 Å². The number of pyridine rings is 1. The van der Waals surface area contributed by atoms with Crippen LogP contribution in [0, 0.1) is 11.6 Å². The molecule has 0 aliphatic heterocycles. The number of aryl methyl sites for hydroxylation is 2. The zero-order chi connectivity index (χ0) is 21.4. The van der Waals surface area contributed by atoms with Gasteiger partial charge in [-0.3, -0.25) is 9.78 Å². The molecule has 0 unspecified atom stereocenters. The van der Waals surface area contributed by atoms with Crippen molar-refractivity contribution in [2.75, 3.05) is 0 Å². The molecule has 162 valence electrons. The predicted molar refractivity (Wildman–Crippen MR) is 124 cm³/mol. The van der Waals surface area contributed by atoms with E-state index >= 15 is 0 Å². The molecule has 2 aromatic carbocycles. The van der Waals surface area contributed by atoms with Gasteiger partial charge in [0.1, 0.15) is 11.6 Å². The van der Waals surface area contributed by atoms with Gasteiger partial charge in [-0.15, -0.1) is 23.7 Å². The van der Waals surface area contributed by atoms with Crippen molar-refractivity contribution in [2.45, 2.75) is 25.7 Å². The molecule has 0 radical (unpaired) electrons. The summed E-state index contributed by atoms with van der Waals surface area (Å²) < 4.78 is 28.0. The van der Waals surface area contributed by atoms with Crippen LogP contribution in [0.5, 0.6) is 0 Å². The number of fused-ring (bicyclic) bond motifs is 3.